The Balaban J connectivity index is 1.83. The van der Waals surface area contributed by atoms with Gasteiger partial charge in [-0.25, -0.2) is 4.98 Å². The summed E-state index contributed by atoms with van der Waals surface area (Å²) in [5.41, 5.74) is 1.85. The van der Waals surface area contributed by atoms with Crippen molar-refractivity contribution in [1.29, 1.82) is 0 Å². The first-order chi connectivity index (χ1) is 8.86. The van der Waals surface area contributed by atoms with Gasteiger partial charge in [-0.2, -0.15) is 0 Å². The Bertz CT molecular complexity index is 549. The maximum Gasteiger partial charge on any atom is 0.132 e. The normalized spacial score (nSPS) is 14.9. The molecule has 0 amide bonds. The molecule has 1 aromatic heterocycles. The molecule has 3 nitrogen and oxygen atoms in total. The number of hydrogen-bond acceptors (Lipinski definition) is 3. The molecule has 0 aliphatic heterocycles. The molecular weight excluding hydrogens is 224 g/mol. The van der Waals surface area contributed by atoms with E-state index < -0.39 is 0 Å². The summed E-state index contributed by atoms with van der Waals surface area (Å²) in [4.78, 5) is 4.59. The summed E-state index contributed by atoms with van der Waals surface area (Å²) >= 11 is 0. The fourth-order valence-corrected chi connectivity index (χ4v) is 2.23. The lowest BCUT2D eigenvalue weighted by atomic mass is 10.1. The number of aliphatic hydroxyl groups is 1. The summed E-state index contributed by atoms with van der Waals surface area (Å²) in [6.07, 6.45) is 3.96. The molecule has 0 radical (unpaired) electrons. The van der Waals surface area contributed by atoms with Crippen molar-refractivity contribution in [1.82, 2.24) is 4.98 Å². The molecule has 0 unspecified atom stereocenters. The first kappa shape index (κ1) is 11.5. The SMILES string of the molecule is OCc1cc2ccccc2nc1NCCC1CC1. The molecule has 1 fully saturated rings. The summed E-state index contributed by atoms with van der Waals surface area (Å²) in [6, 6.07) is 10.0. The first-order valence-corrected chi connectivity index (χ1v) is 6.60. The highest BCUT2D eigenvalue weighted by molar-refractivity contribution is 5.81. The Morgan fingerprint density at radius 3 is 2.89 bits per heavy atom. The first-order valence-electron chi connectivity index (χ1n) is 6.60. The summed E-state index contributed by atoms with van der Waals surface area (Å²) in [5.74, 6) is 1.74. The van der Waals surface area contributed by atoms with Gasteiger partial charge in [-0.3, -0.25) is 0 Å². The number of nitrogens with one attached hydrogen (secondary N) is 1. The van der Waals surface area contributed by atoms with Crippen LogP contribution in [0.5, 0.6) is 0 Å². The smallest absolute Gasteiger partial charge is 0.132 e. The number of fused-ring (bicyclic) bond motifs is 1. The number of aliphatic hydroxyl groups excluding tert-OH is 1. The van der Waals surface area contributed by atoms with E-state index in [0.29, 0.717) is 0 Å². The van der Waals surface area contributed by atoms with Crippen molar-refractivity contribution in [2.75, 3.05) is 11.9 Å². The van der Waals surface area contributed by atoms with Gasteiger partial charge in [0.15, 0.2) is 0 Å². The Kier molecular flexibility index (Phi) is 3.15. The Labute approximate surface area is 107 Å². The number of hydrogen-bond donors (Lipinski definition) is 2. The zero-order valence-electron chi connectivity index (χ0n) is 10.4. The number of rotatable bonds is 5. The van der Waals surface area contributed by atoms with E-state index in [9.17, 15) is 5.11 Å². The third-order valence-corrected chi connectivity index (χ3v) is 3.52. The quantitative estimate of drug-likeness (QED) is 0.847. The van der Waals surface area contributed by atoms with Crippen molar-refractivity contribution in [2.24, 2.45) is 5.92 Å². The second-order valence-corrected chi connectivity index (χ2v) is 5.01. The minimum atomic E-state index is 0.0313. The van der Waals surface area contributed by atoms with Gasteiger partial charge in [0.25, 0.3) is 0 Å². The average molecular weight is 242 g/mol. The maximum absolute atomic E-state index is 9.42. The lowest BCUT2D eigenvalue weighted by Gasteiger charge is -2.11. The van der Waals surface area contributed by atoms with Gasteiger partial charge in [-0.15, -0.1) is 0 Å². The van der Waals surface area contributed by atoms with Crippen LogP contribution < -0.4 is 5.32 Å². The average Bonchev–Trinajstić information content (AvgIpc) is 3.22. The summed E-state index contributed by atoms with van der Waals surface area (Å²) in [6.45, 7) is 0.979. The van der Waals surface area contributed by atoms with Gasteiger partial charge in [-0.05, 0) is 24.5 Å². The van der Waals surface area contributed by atoms with E-state index in [1.807, 2.05) is 30.3 Å². The van der Waals surface area contributed by atoms with E-state index in [4.69, 9.17) is 0 Å². The predicted octanol–water partition coefficient (Wildman–Crippen LogP) is 2.94. The van der Waals surface area contributed by atoms with E-state index in [-0.39, 0.29) is 6.61 Å². The highest BCUT2D eigenvalue weighted by Gasteiger charge is 2.20. The van der Waals surface area contributed by atoms with Gasteiger partial charge >= 0.3 is 0 Å². The Morgan fingerprint density at radius 2 is 2.11 bits per heavy atom. The molecule has 1 heterocycles. The van der Waals surface area contributed by atoms with Crippen LogP contribution in [0.2, 0.25) is 0 Å². The topological polar surface area (TPSA) is 45.2 Å². The molecule has 3 heteroatoms. The van der Waals surface area contributed by atoms with Crippen molar-refractivity contribution in [3.05, 3.63) is 35.9 Å². The third kappa shape index (κ3) is 2.46. The van der Waals surface area contributed by atoms with Crippen LogP contribution in [0.25, 0.3) is 10.9 Å². The van der Waals surface area contributed by atoms with E-state index >= 15 is 0 Å². The zero-order valence-corrected chi connectivity index (χ0v) is 10.4. The summed E-state index contributed by atoms with van der Waals surface area (Å²) in [5, 5.41) is 13.9. The van der Waals surface area contributed by atoms with Gasteiger partial charge in [0.2, 0.25) is 0 Å². The summed E-state index contributed by atoms with van der Waals surface area (Å²) in [7, 11) is 0. The molecule has 2 N–H and O–H groups in total. The molecule has 0 atom stereocenters. The number of benzene rings is 1. The standard InChI is InChI=1S/C15H18N2O/c18-10-13-9-12-3-1-2-4-14(12)17-15(13)16-8-7-11-5-6-11/h1-4,9,11,18H,5-8,10H2,(H,16,17). The summed E-state index contributed by atoms with van der Waals surface area (Å²) < 4.78 is 0. The number of para-hydroxylation sites is 1. The highest BCUT2D eigenvalue weighted by atomic mass is 16.3. The lowest BCUT2D eigenvalue weighted by Crippen LogP contribution is -2.07. The molecule has 0 bridgehead atoms. The Hall–Kier alpha value is -1.61. The minimum absolute atomic E-state index is 0.0313. The zero-order chi connectivity index (χ0) is 12.4. The van der Waals surface area contributed by atoms with Crippen molar-refractivity contribution in [3.63, 3.8) is 0 Å². The van der Waals surface area contributed by atoms with Gasteiger partial charge in [0, 0.05) is 17.5 Å². The lowest BCUT2D eigenvalue weighted by molar-refractivity contribution is 0.282. The minimum Gasteiger partial charge on any atom is -0.392 e. The van der Waals surface area contributed by atoms with Crippen molar-refractivity contribution >= 4 is 16.7 Å². The van der Waals surface area contributed by atoms with Gasteiger partial charge in [-0.1, -0.05) is 31.0 Å². The predicted molar refractivity (Wildman–Crippen MR) is 73.5 cm³/mol. The van der Waals surface area contributed by atoms with Crippen LogP contribution in [-0.2, 0) is 6.61 Å². The molecule has 0 saturated heterocycles. The third-order valence-electron chi connectivity index (χ3n) is 3.52. The molecular formula is C15H18N2O. The van der Waals surface area contributed by atoms with Crippen LogP contribution in [0.3, 0.4) is 0 Å². The van der Waals surface area contributed by atoms with Gasteiger partial charge < -0.3 is 10.4 Å². The number of nitrogens with zero attached hydrogens (tertiary/aromatic N) is 1. The Morgan fingerprint density at radius 1 is 1.28 bits per heavy atom. The van der Waals surface area contributed by atoms with E-state index in [2.05, 4.69) is 10.3 Å². The number of pyridine rings is 1. The molecule has 0 spiro atoms. The van der Waals surface area contributed by atoms with Crippen molar-refractivity contribution in [2.45, 2.75) is 25.9 Å². The van der Waals surface area contributed by atoms with Crippen LogP contribution in [0.4, 0.5) is 5.82 Å². The largest absolute Gasteiger partial charge is 0.392 e. The van der Waals surface area contributed by atoms with E-state index in [1.165, 1.54) is 19.3 Å². The van der Waals surface area contributed by atoms with E-state index in [1.54, 1.807) is 0 Å². The molecule has 1 aliphatic carbocycles. The van der Waals surface area contributed by atoms with Crippen LogP contribution in [0, 0.1) is 5.92 Å². The van der Waals surface area contributed by atoms with Crippen LogP contribution in [-0.4, -0.2) is 16.6 Å². The maximum atomic E-state index is 9.42. The van der Waals surface area contributed by atoms with E-state index in [0.717, 1.165) is 34.7 Å². The van der Waals surface area contributed by atoms with Crippen molar-refractivity contribution in [3.8, 4) is 0 Å². The fraction of sp³-hybridized carbons (Fsp3) is 0.400. The monoisotopic (exact) mass is 242 g/mol. The molecule has 94 valence electrons. The molecule has 18 heavy (non-hydrogen) atoms. The van der Waals surface area contributed by atoms with Crippen LogP contribution in [0.1, 0.15) is 24.8 Å². The van der Waals surface area contributed by atoms with Gasteiger partial charge in [0.05, 0.1) is 12.1 Å². The molecule has 3 rings (SSSR count). The van der Waals surface area contributed by atoms with Crippen LogP contribution >= 0.6 is 0 Å². The second kappa shape index (κ2) is 4.94. The molecule has 1 aromatic carbocycles. The number of anilines is 1. The molecule has 2 aromatic rings. The van der Waals surface area contributed by atoms with Crippen LogP contribution in [0.15, 0.2) is 30.3 Å². The highest BCUT2D eigenvalue weighted by Crippen LogP contribution is 2.32. The molecule has 1 aliphatic rings. The second-order valence-electron chi connectivity index (χ2n) is 5.01. The fourth-order valence-electron chi connectivity index (χ4n) is 2.23. The number of aromatic nitrogens is 1. The van der Waals surface area contributed by atoms with Crippen molar-refractivity contribution < 1.29 is 5.11 Å². The molecule has 1 saturated carbocycles. The van der Waals surface area contributed by atoms with Gasteiger partial charge in [0.1, 0.15) is 5.82 Å².